The number of nitrogens with two attached hydrogens (primary N) is 1. The predicted molar refractivity (Wildman–Crippen MR) is 94.3 cm³/mol. The van der Waals surface area contributed by atoms with Crippen molar-refractivity contribution >= 4 is 10.9 Å². The van der Waals surface area contributed by atoms with Crippen molar-refractivity contribution < 1.29 is 5.11 Å². The summed E-state index contributed by atoms with van der Waals surface area (Å²) in [4.78, 5) is 0. The van der Waals surface area contributed by atoms with Gasteiger partial charge in [0.1, 0.15) is 0 Å². The van der Waals surface area contributed by atoms with Crippen molar-refractivity contribution in [3.05, 3.63) is 71.9 Å². The first-order valence-electron chi connectivity index (χ1n) is 7.92. The van der Waals surface area contributed by atoms with Gasteiger partial charge in [-0.15, -0.1) is 0 Å². The highest BCUT2D eigenvalue weighted by Gasteiger charge is 2.25. The zero-order valence-corrected chi connectivity index (χ0v) is 13.3. The van der Waals surface area contributed by atoms with Gasteiger partial charge in [-0.25, -0.2) is 0 Å². The van der Waals surface area contributed by atoms with E-state index in [1.165, 1.54) is 5.39 Å². The molecule has 1 heterocycles. The highest BCUT2D eigenvalue weighted by Crippen LogP contribution is 2.29. The standard InChI is InChI=1S/C19H23N3O/c1-21-13-18(23)19(16-8-4-2-7-15(16)12-20)22-11-10-14-6-3-5-9-17(14)22/h2-11,18-19,21,23H,12-13,20H2,1H3. The number of nitrogens with zero attached hydrogens (tertiary/aromatic N) is 1. The van der Waals surface area contributed by atoms with Gasteiger partial charge in [0, 0.05) is 24.8 Å². The largest absolute Gasteiger partial charge is 0.389 e. The number of aliphatic hydroxyl groups is 1. The van der Waals surface area contributed by atoms with Crippen molar-refractivity contribution in [2.75, 3.05) is 13.6 Å². The van der Waals surface area contributed by atoms with E-state index in [0.29, 0.717) is 13.1 Å². The van der Waals surface area contributed by atoms with Crippen LogP contribution in [0.5, 0.6) is 0 Å². The molecule has 2 atom stereocenters. The van der Waals surface area contributed by atoms with Crippen molar-refractivity contribution in [1.82, 2.24) is 9.88 Å². The van der Waals surface area contributed by atoms with Gasteiger partial charge in [0.25, 0.3) is 0 Å². The van der Waals surface area contributed by atoms with Crippen LogP contribution in [-0.4, -0.2) is 29.4 Å². The van der Waals surface area contributed by atoms with Gasteiger partial charge < -0.3 is 20.7 Å². The van der Waals surface area contributed by atoms with Gasteiger partial charge >= 0.3 is 0 Å². The number of rotatable bonds is 6. The average molecular weight is 309 g/mol. The van der Waals surface area contributed by atoms with E-state index in [1.807, 2.05) is 43.6 Å². The summed E-state index contributed by atoms with van der Waals surface area (Å²) in [6.07, 6.45) is 1.49. The molecule has 4 N–H and O–H groups in total. The van der Waals surface area contributed by atoms with Crippen LogP contribution in [-0.2, 0) is 6.54 Å². The fourth-order valence-corrected chi connectivity index (χ4v) is 3.22. The van der Waals surface area contributed by atoms with Crippen molar-refractivity contribution in [2.45, 2.75) is 18.7 Å². The van der Waals surface area contributed by atoms with Crippen LogP contribution in [0, 0.1) is 0 Å². The maximum atomic E-state index is 10.8. The molecule has 0 saturated heterocycles. The number of nitrogens with one attached hydrogen (secondary N) is 1. The zero-order chi connectivity index (χ0) is 16.2. The lowest BCUT2D eigenvalue weighted by molar-refractivity contribution is 0.132. The lowest BCUT2D eigenvalue weighted by Gasteiger charge is -2.28. The highest BCUT2D eigenvalue weighted by molar-refractivity contribution is 5.80. The first kappa shape index (κ1) is 15.7. The Morgan fingerprint density at radius 1 is 1.09 bits per heavy atom. The Morgan fingerprint density at radius 3 is 2.61 bits per heavy atom. The van der Waals surface area contributed by atoms with Gasteiger partial charge in [0.05, 0.1) is 12.1 Å². The number of aromatic nitrogens is 1. The van der Waals surface area contributed by atoms with Crippen LogP contribution in [0.3, 0.4) is 0 Å². The fraction of sp³-hybridized carbons (Fsp3) is 0.263. The lowest BCUT2D eigenvalue weighted by Crippen LogP contribution is -2.34. The normalized spacial score (nSPS) is 14.0. The van der Waals surface area contributed by atoms with Crippen molar-refractivity contribution in [3.63, 3.8) is 0 Å². The van der Waals surface area contributed by atoms with Crippen LogP contribution in [0.2, 0.25) is 0 Å². The van der Waals surface area contributed by atoms with E-state index in [0.717, 1.165) is 16.6 Å². The molecular weight excluding hydrogens is 286 g/mol. The van der Waals surface area contributed by atoms with Crippen LogP contribution in [0.1, 0.15) is 17.2 Å². The summed E-state index contributed by atoms with van der Waals surface area (Å²) in [5, 5.41) is 15.0. The third kappa shape index (κ3) is 3.01. The van der Waals surface area contributed by atoms with Crippen molar-refractivity contribution in [2.24, 2.45) is 5.73 Å². The smallest absolute Gasteiger partial charge is 0.0912 e. The molecule has 120 valence electrons. The number of aliphatic hydroxyl groups excluding tert-OH is 1. The summed E-state index contributed by atoms with van der Waals surface area (Å²) >= 11 is 0. The number of likely N-dealkylation sites (N-methyl/N-ethyl adjacent to an activating group) is 1. The second kappa shape index (κ2) is 6.96. The summed E-state index contributed by atoms with van der Waals surface area (Å²) in [7, 11) is 1.85. The van der Waals surface area contributed by atoms with Crippen LogP contribution >= 0.6 is 0 Å². The summed E-state index contributed by atoms with van der Waals surface area (Å²) in [5.74, 6) is 0. The summed E-state index contributed by atoms with van der Waals surface area (Å²) in [6.45, 7) is 0.966. The fourth-order valence-electron chi connectivity index (χ4n) is 3.22. The van der Waals surface area contributed by atoms with Gasteiger partial charge in [0.15, 0.2) is 0 Å². The van der Waals surface area contributed by atoms with E-state index in [2.05, 4.69) is 34.1 Å². The molecule has 0 aliphatic carbocycles. The Kier molecular flexibility index (Phi) is 4.76. The lowest BCUT2D eigenvalue weighted by atomic mass is 9.95. The second-order valence-electron chi connectivity index (χ2n) is 5.75. The van der Waals surface area contributed by atoms with Crippen LogP contribution in [0.15, 0.2) is 60.8 Å². The second-order valence-corrected chi connectivity index (χ2v) is 5.75. The van der Waals surface area contributed by atoms with Gasteiger partial charge in [-0.05, 0) is 35.7 Å². The molecule has 1 aromatic heterocycles. The monoisotopic (exact) mass is 309 g/mol. The summed E-state index contributed by atoms with van der Waals surface area (Å²) in [5.41, 5.74) is 9.16. The van der Waals surface area contributed by atoms with Crippen LogP contribution in [0.4, 0.5) is 0 Å². The third-order valence-electron chi connectivity index (χ3n) is 4.30. The van der Waals surface area contributed by atoms with Gasteiger partial charge in [-0.2, -0.15) is 0 Å². The summed E-state index contributed by atoms with van der Waals surface area (Å²) in [6, 6.07) is 18.2. The molecule has 23 heavy (non-hydrogen) atoms. The number of hydrogen-bond donors (Lipinski definition) is 3. The molecule has 2 aromatic carbocycles. The molecular formula is C19H23N3O. The van der Waals surface area contributed by atoms with Crippen LogP contribution in [0.25, 0.3) is 10.9 Å². The Bertz CT molecular complexity index is 781. The average Bonchev–Trinajstić information content (AvgIpc) is 3.00. The van der Waals surface area contributed by atoms with E-state index >= 15 is 0 Å². The molecule has 4 heteroatoms. The maximum Gasteiger partial charge on any atom is 0.0912 e. The Hall–Kier alpha value is -2.14. The number of hydrogen-bond acceptors (Lipinski definition) is 3. The number of benzene rings is 2. The number of para-hydroxylation sites is 1. The van der Waals surface area contributed by atoms with E-state index < -0.39 is 6.10 Å². The van der Waals surface area contributed by atoms with Gasteiger partial charge in [-0.1, -0.05) is 42.5 Å². The molecule has 3 rings (SSSR count). The first-order chi connectivity index (χ1) is 11.3. The molecule has 0 spiro atoms. The van der Waals surface area contributed by atoms with Crippen molar-refractivity contribution in [3.8, 4) is 0 Å². The van der Waals surface area contributed by atoms with Gasteiger partial charge in [-0.3, -0.25) is 0 Å². The zero-order valence-electron chi connectivity index (χ0n) is 13.3. The molecule has 0 radical (unpaired) electrons. The van der Waals surface area contributed by atoms with E-state index in [1.54, 1.807) is 0 Å². The Balaban J connectivity index is 2.16. The van der Waals surface area contributed by atoms with Crippen LogP contribution < -0.4 is 11.1 Å². The number of fused-ring (bicyclic) bond motifs is 1. The maximum absolute atomic E-state index is 10.8. The topological polar surface area (TPSA) is 63.2 Å². The molecule has 0 aliphatic heterocycles. The molecule has 0 fully saturated rings. The molecule has 2 unspecified atom stereocenters. The Labute approximate surface area is 136 Å². The molecule has 0 bridgehead atoms. The van der Waals surface area contributed by atoms with E-state index in [-0.39, 0.29) is 6.04 Å². The highest BCUT2D eigenvalue weighted by atomic mass is 16.3. The molecule has 0 amide bonds. The Morgan fingerprint density at radius 2 is 1.83 bits per heavy atom. The SMILES string of the molecule is CNCC(O)C(c1ccccc1CN)n1ccc2ccccc21. The molecule has 0 aliphatic rings. The first-order valence-corrected chi connectivity index (χ1v) is 7.92. The van der Waals surface area contributed by atoms with Gasteiger partial charge in [0.2, 0.25) is 0 Å². The molecule has 3 aromatic rings. The third-order valence-corrected chi connectivity index (χ3v) is 4.30. The van der Waals surface area contributed by atoms with E-state index in [4.69, 9.17) is 5.73 Å². The minimum atomic E-state index is -0.552. The molecule has 4 nitrogen and oxygen atoms in total. The minimum Gasteiger partial charge on any atom is -0.389 e. The predicted octanol–water partition coefficient (Wildman–Crippen LogP) is 2.27. The molecule has 0 saturated carbocycles. The summed E-state index contributed by atoms with van der Waals surface area (Å²) < 4.78 is 2.14. The quantitative estimate of drug-likeness (QED) is 0.654. The minimum absolute atomic E-state index is 0.179. The van der Waals surface area contributed by atoms with Crippen molar-refractivity contribution in [1.29, 1.82) is 0 Å². The van der Waals surface area contributed by atoms with E-state index in [9.17, 15) is 5.11 Å².